The molecule has 0 bridgehead atoms. The van der Waals surface area contributed by atoms with E-state index in [1.807, 2.05) is 4.68 Å². The Morgan fingerprint density at radius 3 is 2.85 bits per heavy atom. The number of benzene rings is 1. The highest BCUT2D eigenvalue weighted by Gasteiger charge is 2.15. The smallest absolute Gasteiger partial charge is 0.138 e. The lowest BCUT2D eigenvalue weighted by Gasteiger charge is -2.17. The highest BCUT2D eigenvalue weighted by atomic mass is 79.9. The first-order chi connectivity index (χ1) is 9.63. The molecule has 1 heterocycles. The van der Waals surface area contributed by atoms with Crippen molar-refractivity contribution in [3.63, 3.8) is 0 Å². The monoisotopic (exact) mass is 337 g/mol. The third-order valence-corrected chi connectivity index (χ3v) is 3.64. The lowest BCUT2D eigenvalue weighted by Crippen LogP contribution is -2.30. The molecule has 0 aliphatic rings. The Labute approximate surface area is 127 Å². The summed E-state index contributed by atoms with van der Waals surface area (Å²) in [5.41, 5.74) is 5.22. The van der Waals surface area contributed by atoms with Crippen LogP contribution in [0, 0.1) is 6.92 Å². The van der Waals surface area contributed by atoms with Gasteiger partial charge < -0.3 is 0 Å². The number of aryl methyl sites for hydroxylation is 2. The summed E-state index contributed by atoms with van der Waals surface area (Å²) in [6.45, 7) is 5.08. The third-order valence-electron chi connectivity index (χ3n) is 3.19. The second-order valence-electron chi connectivity index (χ2n) is 4.88. The maximum atomic E-state index is 5.72. The average molecular weight is 338 g/mol. The summed E-state index contributed by atoms with van der Waals surface area (Å²) in [7, 11) is 0. The number of nitrogens with zero attached hydrogens (tertiary/aromatic N) is 3. The van der Waals surface area contributed by atoms with Gasteiger partial charge in [0.2, 0.25) is 0 Å². The lowest BCUT2D eigenvalue weighted by atomic mass is 10.0. The fourth-order valence-corrected chi connectivity index (χ4v) is 2.89. The molecular formula is C14H20BrN5. The molecule has 1 unspecified atom stereocenters. The van der Waals surface area contributed by atoms with E-state index in [9.17, 15) is 0 Å². The van der Waals surface area contributed by atoms with Gasteiger partial charge in [-0.3, -0.25) is 16.0 Å². The van der Waals surface area contributed by atoms with Crippen molar-refractivity contribution in [2.75, 3.05) is 0 Å². The van der Waals surface area contributed by atoms with Crippen LogP contribution in [0.2, 0.25) is 0 Å². The maximum Gasteiger partial charge on any atom is 0.138 e. The van der Waals surface area contributed by atoms with Crippen molar-refractivity contribution >= 4 is 15.9 Å². The quantitative estimate of drug-likeness (QED) is 0.627. The van der Waals surface area contributed by atoms with Gasteiger partial charge in [-0.2, -0.15) is 5.10 Å². The van der Waals surface area contributed by atoms with E-state index >= 15 is 0 Å². The Bertz CT molecular complexity index is 546. The molecule has 2 rings (SSSR count). The first kappa shape index (κ1) is 15.2. The topological polar surface area (TPSA) is 68.8 Å². The van der Waals surface area contributed by atoms with E-state index < -0.39 is 0 Å². The normalized spacial score (nSPS) is 12.6. The standard InChI is InChI=1S/C14H20BrN5/c1-3-4-20-14(17-9-18-20)8-13(19-16)11-5-10(2)6-12(15)7-11/h5-7,9,13,19H,3-4,8,16H2,1-2H3. The van der Waals surface area contributed by atoms with E-state index in [2.05, 4.69) is 63.5 Å². The molecule has 0 radical (unpaired) electrons. The minimum absolute atomic E-state index is 0.0195. The van der Waals surface area contributed by atoms with Crippen LogP contribution in [0.5, 0.6) is 0 Å². The van der Waals surface area contributed by atoms with E-state index in [1.165, 1.54) is 5.56 Å². The number of nitrogens with two attached hydrogens (primary N) is 1. The highest BCUT2D eigenvalue weighted by molar-refractivity contribution is 9.10. The van der Waals surface area contributed by atoms with Gasteiger partial charge in [-0.05, 0) is 36.6 Å². The van der Waals surface area contributed by atoms with Crippen LogP contribution in [0.4, 0.5) is 0 Å². The molecular weight excluding hydrogens is 318 g/mol. The van der Waals surface area contributed by atoms with Gasteiger partial charge in [0.1, 0.15) is 12.2 Å². The molecule has 20 heavy (non-hydrogen) atoms. The van der Waals surface area contributed by atoms with Gasteiger partial charge in [0.15, 0.2) is 0 Å². The minimum atomic E-state index is 0.0195. The Kier molecular flexibility index (Phi) is 5.28. The molecule has 1 aromatic carbocycles. The van der Waals surface area contributed by atoms with Crippen LogP contribution in [0.3, 0.4) is 0 Å². The van der Waals surface area contributed by atoms with Gasteiger partial charge in [0, 0.05) is 17.4 Å². The molecule has 0 saturated heterocycles. The molecule has 0 aliphatic carbocycles. The number of hydrogen-bond donors (Lipinski definition) is 2. The summed E-state index contributed by atoms with van der Waals surface area (Å²) in [6, 6.07) is 6.32. The molecule has 5 nitrogen and oxygen atoms in total. The first-order valence-corrected chi connectivity index (χ1v) is 7.53. The lowest BCUT2D eigenvalue weighted by molar-refractivity contribution is 0.499. The van der Waals surface area contributed by atoms with Crippen molar-refractivity contribution in [2.45, 2.75) is 39.3 Å². The van der Waals surface area contributed by atoms with Crippen LogP contribution in [0.15, 0.2) is 29.0 Å². The zero-order valence-corrected chi connectivity index (χ0v) is 13.4. The number of nitrogens with one attached hydrogen (secondary N) is 1. The first-order valence-electron chi connectivity index (χ1n) is 6.74. The Morgan fingerprint density at radius 2 is 2.20 bits per heavy atom. The molecule has 3 N–H and O–H groups in total. The van der Waals surface area contributed by atoms with Crippen molar-refractivity contribution in [2.24, 2.45) is 5.84 Å². The molecule has 0 amide bonds. The summed E-state index contributed by atoms with van der Waals surface area (Å²) in [4.78, 5) is 4.34. The predicted octanol–water partition coefficient (Wildman–Crippen LogP) is 2.51. The molecule has 6 heteroatoms. The van der Waals surface area contributed by atoms with Crippen molar-refractivity contribution in [1.82, 2.24) is 20.2 Å². The van der Waals surface area contributed by atoms with Crippen molar-refractivity contribution in [1.29, 1.82) is 0 Å². The average Bonchev–Trinajstić information content (AvgIpc) is 2.82. The molecule has 1 atom stereocenters. The van der Waals surface area contributed by atoms with Gasteiger partial charge >= 0.3 is 0 Å². The minimum Gasteiger partial charge on any atom is -0.271 e. The van der Waals surface area contributed by atoms with Crippen LogP contribution < -0.4 is 11.3 Å². The number of rotatable bonds is 6. The fraction of sp³-hybridized carbons (Fsp3) is 0.429. The number of aromatic nitrogens is 3. The summed E-state index contributed by atoms with van der Waals surface area (Å²) in [6.07, 6.45) is 3.35. The summed E-state index contributed by atoms with van der Waals surface area (Å²) in [5.74, 6) is 6.67. The van der Waals surface area contributed by atoms with Crippen molar-refractivity contribution in [3.05, 3.63) is 46.0 Å². The SMILES string of the molecule is CCCn1ncnc1CC(NN)c1cc(C)cc(Br)c1. The van der Waals surface area contributed by atoms with Crippen LogP contribution in [0.1, 0.15) is 36.3 Å². The van der Waals surface area contributed by atoms with Crippen LogP contribution in [0.25, 0.3) is 0 Å². The van der Waals surface area contributed by atoms with E-state index in [-0.39, 0.29) is 6.04 Å². The van der Waals surface area contributed by atoms with E-state index in [0.717, 1.165) is 28.8 Å². The fourth-order valence-electron chi connectivity index (χ4n) is 2.27. The maximum absolute atomic E-state index is 5.72. The van der Waals surface area contributed by atoms with Crippen molar-refractivity contribution < 1.29 is 0 Å². The van der Waals surface area contributed by atoms with Crippen LogP contribution >= 0.6 is 15.9 Å². The van der Waals surface area contributed by atoms with Gasteiger partial charge in [0.25, 0.3) is 0 Å². The second kappa shape index (κ2) is 6.97. The van der Waals surface area contributed by atoms with E-state index in [1.54, 1.807) is 6.33 Å². The number of hydrazine groups is 1. The molecule has 1 aromatic heterocycles. The third kappa shape index (κ3) is 3.65. The molecule has 0 saturated carbocycles. The van der Waals surface area contributed by atoms with Crippen LogP contribution in [-0.2, 0) is 13.0 Å². The molecule has 108 valence electrons. The molecule has 2 aromatic rings. The number of halogens is 1. The highest BCUT2D eigenvalue weighted by Crippen LogP contribution is 2.22. The van der Waals surface area contributed by atoms with Crippen LogP contribution in [-0.4, -0.2) is 14.8 Å². The van der Waals surface area contributed by atoms with Gasteiger partial charge in [0.05, 0.1) is 6.04 Å². The Balaban J connectivity index is 2.22. The molecule has 0 spiro atoms. The summed E-state index contributed by atoms with van der Waals surface area (Å²) >= 11 is 3.53. The summed E-state index contributed by atoms with van der Waals surface area (Å²) in [5, 5.41) is 4.25. The second-order valence-corrected chi connectivity index (χ2v) is 5.80. The Hall–Kier alpha value is -1.24. The van der Waals surface area contributed by atoms with Gasteiger partial charge in [-0.25, -0.2) is 4.98 Å². The molecule has 0 aliphatic heterocycles. The zero-order chi connectivity index (χ0) is 14.5. The summed E-state index contributed by atoms with van der Waals surface area (Å²) < 4.78 is 3.00. The molecule has 0 fully saturated rings. The largest absolute Gasteiger partial charge is 0.271 e. The Morgan fingerprint density at radius 1 is 1.40 bits per heavy atom. The van der Waals surface area contributed by atoms with E-state index in [4.69, 9.17) is 5.84 Å². The van der Waals surface area contributed by atoms with Gasteiger partial charge in [-0.1, -0.05) is 28.9 Å². The van der Waals surface area contributed by atoms with Crippen molar-refractivity contribution in [3.8, 4) is 0 Å². The van der Waals surface area contributed by atoms with Gasteiger partial charge in [-0.15, -0.1) is 0 Å². The zero-order valence-electron chi connectivity index (χ0n) is 11.8. The number of hydrogen-bond acceptors (Lipinski definition) is 4. The predicted molar refractivity (Wildman–Crippen MR) is 83.0 cm³/mol. The van der Waals surface area contributed by atoms with E-state index in [0.29, 0.717) is 6.42 Å².